The van der Waals surface area contributed by atoms with E-state index in [4.69, 9.17) is 15.2 Å². The lowest BCUT2D eigenvalue weighted by Gasteiger charge is -2.28. The predicted molar refractivity (Wildman–Crippen MR) is 106 cm³/mol. The van der Waals surface area contributed by atoms with Crippen molar-refractivity contribution in [2.45, 2.75) is 49.9 Å². The van der Waals surface area contributed by atoms with Crippen LogP contribution in [0.1, 0.15) is 37.2 Å². The highest BCUT2D eigenvalue weighted by Gasteiger charge is 2.49. The van der Waals surface area contributed by atoms with Gasteiger partial charge in [0.25, 0.3) is 0 Å². The van der Waals surface area contributed by atoms with Crippen molar-refractivity contribution in [2.24, 2.45) is 5.73 Å². The van der Waals surface area contributed by atoms with Crippen molar-refractivity contribution in [1.82, 2.24) is 24.8 Å². The van der Waals surface area contributed by atoms with Gasteiger partial charge in [-0.2, -0.15) is 31.4 Å². The van der Waals surface area contributed by atoms with Crippen LogP contribution in [0.25, 0.3) is 5.65 Å². The molecule has 0 bridgehead atoms. The van der Waals surface area contributed by atoms with E-state index in [1.807, 2.05) is 5.32 Å². The molecule has 3 rings (SSSR count). The Morgan fingerprint density at radius 1 is 1.24 bits per heavy atom. The van der Waals surface area contributed by atoms with Crippen LogP contribution in [-0.2, 0) is 9.47 Å². The predicted octanol–water partition coefficient (Wildman–Crippen LogP) is 2.73. The molecule has 0 radical (unpaired) electrons. The summed E-state index contributed by atoms with van der Waals surface area (Å²) in [4.78, 5) is 17.5. The number of aromatic nitrogens is 3. The van der Waals surface area contributed by atoms with E-state index in [1.165, 1.54) is 30.1 Å². The molecule has 0 aliphatic carbocycles. The largest absolute Gasteiger partial charge is 0.416 e. The number of carbonyl (C=O) groups is 1. The second kappa shape index (κ2) is 9.19. The lowest BCUT2D eigenvalue weighted by molar-refractivity contribution is -0.264. The molecule has 1 fully saturated rings. The van der Waals surface area contributed by atoms with Crippen LogP contribution >= 0.6 is 0 Å². The molecule has 190 valence electrons. The van der Waals surface area contributed by atoms with Crippen LogP contribution in [0.4, 0.5) is 31.1 Å². The van der Waals surface area contributed by atoms with Crippen LogP contribution in [0, 0.1) is 0 Å². The molecule has 3 atom stereocenters. The van der Waals surface area contributed by atoms with Gasteiger partial charge in [-0.3, -0.25) is 0 Å². The third kappa shape index (κ3) is 5.36. The SMILES string of the molecule is COC[C@H](c1cnn2cc([C@@H](N)COC(C)(C)C(F)(F)F)nc2c1)N1C[C@@H](C(F)(F)F)NC1=O. The summed E-state index contributed by atoms with van der Waals surface area (Å²) in [6.07, 6.45) is -6.46. The van der Waals surface area contributed by atoms with Crippen LogP contribution in [0.15, 0.2) is 18.5 Å². The Morgan fingerprint density at radius 3 is 2.47 bits per heavy atom. The van der Waals surface area contributed by atoms with E-state index in [9.17, 15) is 31.1 Å². The van der Waals surface area contributed by atoms with E-state index in [-0.39, 0.29) is 17.9 Å². The van der Waals surface area contributed by atoms with E-state index in [0.29, 0.717) is 5.56 Å². The summed E-state index contributed by atoms with van der Waals surface area (Å²) in [6.45, 7) is 0.570. The second-order valence-electron chi connectivity index (χ2n) is 8.35. The zero-order chi connectivity index (χ0) is 25.5. The third-order valence-corrected chi connectivity index (χ3v) is 5.46. The highest BCUT2D eigenvalue weighted by Crippen LogP contribution is 2.34. The number of urea groups is 1. The average molecular weight is 498 g/mol. The zero-order valence-corrected chi connectivity index (χ0v) is 18.4. The molecule has 2 aromatic rings. The van der Waals surface area contributed by atoms with Gasteiger partial charge in [-0.25, -0.2) is 14.3 Å². The van der Waals surface area contributed by atoms with Crippen LogP contribution in [0.5, 0.6) is 0 Å². The Hall–Kier alpha value is -2.65. The first kappa shape index (κ1) is 26.0. The molecule has 15 heteroatoms. The van der Waals surface area contributed by atoms with E-state index in [1.54, 1.807) is 0 Å². The Morgan fingerprint density at radius 2 is 1.91 bits per heavy atom. The van der Waals surface area contributed by atoms with Gasteiger partial charge in [-0.15, -0.1) is 0 Å². The number of hydrogen-bond donors (Lipinski definition) is 2. The van der Waals surface area contributed by atoms with Crippen LogP contribution in [0.3, 0.4) is 0 Å². The number of methoxy groups -OCH3 is 1. The summed E-state index contributed by atoms with van der Waals surface area (Å²) in [6, 6.07) is -3.33. The third-order valence-electron chi connectivity index (χ3n) is 5.46. The van der Waals surface area contributed by atoms with Gasteiger partial charge in [-0.1, -0.05) is 0 Å². The highest BCUT2D eigenvalue weighted by atomic mass is 19.4. The lowest BCUT2D eigenvalue weighted by atomic mass is 10.1. The molecule has 1 aliphatic rings. The number of alkyl halides is 6. The van der Waals surface area contributed by atoms with Crippen molar-refractivity contribution in [2.75, 3.05) is 26.9 Å². The number of nitrogens with two attached hydrogens (primary N) is 1. The Kier molecular flexibility index (Phi) is 7.01. The smallest absolute Gasteiger partial charge is 0.382 e. The second-order valence-corrected chi connectivity index (χ2v) is 8.35. The van der Waals surface area contributed by atoms with E-state index in [0.717, 1.165) is 18.7 Å². The molecule has 0 spiro atoms. The molecule has 34 heavy (non-hydrogen) atoms. The average Bonchev–Trinajstić information content (AvgIpc) is 3.32. The fourth-order valence-electron chi connectivity index (χ4n) is 3.27. The van der Waals surface area contributed by atoms with Gasteiger partial charge in [0.2, 0.25) is 0 Å². The number of imidazole rings is 1. The molecule has 2 amide bonds. The summed E-state index contributed by atoms with van der Waals surface area (Å²) in [5.74, 6) is 0. The van der Waals surface area contributed by atoms with Crippen molar-refractivity contribution >= 4 is 11.7 Å². The quantitative estimate of drug-likeness (QED) is 0.542. The van der Waals surface area contributed by atoms with Gasteiger partial charge in [0.1, 0.15) is 6.04 Å². The van der Waals surface area contributed by atoms with Crippen molar-refractivity contribution in [3.05, 3.63) is 29.7 Å². The van der Waals surface area contributed by atoms with Gasteiger partial charge in [0, 0.05) is 12.7 Å². The summed E-state index contributed by atoms with van der Waals surface area (Å²) >= 11 is 0. The number of rotatable bonds is 8. The fraction of sp³-hybridized carbons (Fsp3) is 0.632. The molecule has 9 nitrogen and oxygen atoms in total. The fourth-order valence-corrected chi connectivity index (χ4v) is 3.27. The maximum absolute atomic E-state index is 13.1. The highest BCUT2D eigenvalue weighted by molar-refractivity contribution is 5.77. The van der Waals surface area contributed by atoms with Crippen LogP contribution < -0.4 is 11.1 Å². The molecular formula is C19H24F6N6O3. The first-order valence-corrected chi connectivity index (χ1v) is 10.1. The summed E-state index contributed by atoms with van der Waals surface area (Å²) in [7, 11) is 1.34. The number of amides is 2. The lowest BCUT2D eigenvalue weighted by Crippen LogP contribution is -2.43. The Bertz CT molecular complexity index is 1020. The number of nitrogens with zero attached hydrogens (tertiary/aromatic N) is 4. The van der Waals surface area contributed by atoms with Crippen LogP contribution in [0.2, 0.25) is 0 Å². The first-order valence-electron chi connectivity index (χ1n) is 10.1. The topological polar surface area (TPSA) is 107 Å². The molecule has 1 saturated heterocycles. The molecule has 0 aromatic carbocycles. The van der Waals surface area contributed by atoms with E-state index >= 15 is 0 Å². The molecule has 0 saturated carbocycles. The van der Waals surface area contributed by atoms with Crippen molar-refractivity contribution in [3.8, 4) is 0 Å². The summed E-state index contributed by atoms with van der Waals surface area (Å²) in [5.41, 5.74) is 4.31. The summed E-state index contributed by atoms with van der Waals surface area (Å²) < 4.78 is 89.5. The standard InChI is InChI=1S/C19H24F6N6O3/c1-17(2,19(23,24)25)34-8-11(26)12-6-31-15(28-12)4-10(5-27-31)13(9-33-3)30-7-14(18(20,21)22)29-16(30)32/h4-6,11,13-14H,7-9,26H2,1-3H3,(H,29,32)/t11-,13+,14-/m0/s1. The molecule has 0 unspecified atom stereocenters. The number of nitrogens with one attached hydrogen (secondary N) is 1. The molecule has 3 N–H and O–H groups in total. The maximum Gasteiger partial charge on any atom is 0.416 e. The van der Waals surface area contributed by atoms with Gasteiger partial charge in [0.05, 0.1) is 49.9 Å². The maximum atomic E-state index is 13.1. The van der Waals surface area contributed by atoms with Gasteiger partial charge in [0.15, 0.2) is 11.2 Å². The number of halogens is 6. The van der Waals surface area contributed by atoms with Crippen molar-refractivity contribution in [1.29, 1.82) is 0 Å². The Labute approximate surface area is 190 Å². The van der Waals surface area contributed by atoms with Crippen LogP contribution in [-0.4, -0.2) is 76.4 Å². The monoisotopic (exact) mass is 498 g/mol. The summed E-state index contributed by atoms with van der Waals surface area (Å²) in [5, 5.41) is 6.04. The molecule has 1 aliphatic heterocycles. The first-order chi connectivity index (χ1) is 15.6. The van der Waals surface area contributed by atoms with E-state index < -0.39 is 55.3 Å². The Balaban J connectivity index is 1.81. The number of ether oxygens (including phenoxy) is 2. The van der Waals surface area contributed by atoms with Gasteiger partial charge in [-0.05, 0) is 19.9 Å². The number of hydrogen-bond acceptors (Lipinski definition) is 6. The minimum atomic E-state index is -4.61. The molecule has 3 heterocycles. The van der Waals surface area contributed by atoms with E-state index in [2.05, 4.69) is 10.1 Å². The van der Waals surface area contributed by atoms with Crippen molar-refractivity contribution < 1.29 is 40.6 Å². The molecule has 2 aromatic heterocycles. The van der Waals surface area contributed by atoms with Gasteiger partial charge < -0.3 is 25.4 Å². The minimum absolute atomic E-state index is 0.108. The minimum Gasteiger partial charge on any atom is -0.382 e. The number of fused-ring (bicyclic) bond motifs is 1. The zero-order valence-electron chi connectivity index (χ0n) is 18.4. The number of carbonyl (C=O) groups excluding carboxylic acids is 1. The normalized spacial score (nSPS) is 19.5. The molecular weight excluding hydrogens is 474 g/mol. The van der Waals surface area contributed by atoms with Crippen molar-refractivity contribution in [3.63, 3.8) is 0 Å². The van der Waals surface area contributed by atoms with Gasteiger partial charge >= 0.3 is 18.4 Å².